The summed E-state index contributed by atoms with van der Waals surface area (Å²) in [6, 6.07) is 3.91. The van der Waals surface area contributed by atoms with Gasteiger partial charge in [0.05, 0.1) is 0 Å². The first-order valence-corrected chi connectivity index (χ1v) is 5.07. The van der Waals surface area contributed by atoms with Gasteiger partial charge in [-0.3, -0.25) is 0 Å². The molecule has 1 aromatic carbocycles. The third kappa shape index (κ3) is 3.40. The van der Waals surface area contributed by atoms with Gasteiger partial charge < -0.3 is 5.32 Å². The minimum absolute atomic E-state index is 0.558. The molecule has 0 aromatic heterocycles. The van der Waals surface area contributed by atoms with Gasteiger partial charge in [-0.15, -0.1) is 0 Å². The normalized spacial score (nSPS) is 10.4. The Morgan fingerprint density at radius 2 is 2.00 bits per heavy atom. The average molecular weight is 250 g/mol. The number of halogens is 3. The van der Waals surface area contributed by atoms with Crippen LogP contribution in [0.4, 0.5) is 8.78 Å². The van der Waals surface area contributed by atoms with Gasteiger partial charge in [0.2, 0.25) is 0 Å². The Balaban J connectivity index is 2.53. The number of benzene rings is 1. The fourth-order valence-corrected chi connectivity index (χ4v) is 1.23. The molecule has 0 spiro atoms. The maximum atomic E-state index is 12.7. The summed E-state index contributed by atoms with van der Waals surface area (Å²) in [6.07, 6.45) is 0. The number of alkyl halides is 1. The Labute approximate surface area is 84.3 Å². The molecule has 72 valence electrons. The number of rotatable bonds is 4. The zero-order valence-corrected chi connectivity index (χ0v) is 8.57. The fourth-order valence-electron chi connectivity index (χ4n) is 0.949. The standard InChI is InChI=1S/C9H10BrF2N/c10-3-4-13-6-7-1-2-8(11)9(12)5-7/h1-2,5,13H,3-4,6H2. The van der Waals surface area contributed by atoms with Crippen LogP contribution in [0.25, 0.3) is 0 Å². The number of hydrogen-bond donors (Lipinski definition) is 1. The lowest BCUT2D eigenvalue weighted by Crippen LogP contribution is -2.15. The van der Waals surface area contributed by atoms with E-state index in [4.69, 9.17) is 0 Å². The van der Waals surface area contributed by atoms with Crippen molar-refractivity contribution >= 4 is 15.9 Å². The second kappa shape index (κ2) is 5.29. The predicted molar refractivity (Wildman–Crippen MR) is 51.9 cm³/mol. The summed E-state index contributed by atoms with van der Waals surface area (Å²) in [5.41, 5.74) is 0.750. The molecule has 0 bridgehead atoms. The summed E-state index contributed by atoms with van der Waals surface area (Å²) < 4.78 is 25.2. The van der Waals surface area contributed by atoms with Crippen LogP contribution >= 0.6 is 15.9 Å². The van der Waals surface area contributed by atoms with Gasteiger partial charge in [0, 0.05) is 18.4 Å². The van der Waals surface area contributed by atoms with Gasteiger partial charge in [-0.25, -0.2) is 8.78 Å². The average Bonchev–Trinajstić information content (AvgIpc) is 2.12. The van der Waals surface area contributed by atoms with Crippen LogP contribution in [0, 0.1) is 11.6 Å². The van der Waals surface area contributed by atoms with Crippen molar-refractivity contribution in [1.82, 2.24) is 5.32 Å². The summed E-state index contributed by atoms with van der Waals surface area (Å²) in [4.78, 5) is 0. The van der Waals surface area contributed by atoms with Crippen molar-refractivity contribution in [3.8, 4) is 0 Å². The molecular formula is C9H10BrF2N. The Morgan fingerprint density at radius 3 is 2.62 bits per heavy atom. The highest BCUT2D eigenvalue weighted by molar-refractivity contribution is 9.09. The smallest absolute Gasteiger partial charge is 0.159 e. The van der Waals surface area contributed by atoms with Crippen LogP contribution in [0.5, 0.6) is 0 Å². The highest BCUT2D eigenvalue weighted by Crippen LogP contribution is 2.08. The molecule has 1 aromatic rings. The first kappa shape index (κ1) is 10.6. The van der Waals surface area contributed by atoms with E-state index in [1.165, 1.54) is 6.07 Å². The molecule has 0 radical (unpaired) electrons. The molecule has 0 heterocycles. The third-order valence-electron chi connectivity index (χ3n) is 1.58. The van der Waals surface area contributed by atoms with E-state index < -0.39 is 11.6 Å². The van der Waals surface area contributed by atoms with Crippen molar-refractivity contribution in [2.24, 2.45) is 0 Å². The second-order valence-corrected chi connectivity index (χ2v) is 3.41. The molecule has 13 heavy (non-hydrogen) atoms. The van der Waals surface area contributed by atoms with E-state index in [-0.39, 0.29) is 0 Å². The Kier molecular flexibility index (Phi) is 4.32. The SMILES string of the molecule is Fc1ccc(CNCCBr)cc1F. The summed E-state index contributed by atoms with van der Waals surface area (Å²) in [7, 11) is 0. The second-order valence-electron chi connectivity index (χ2n) is 2.61. The van der Waals surface area contributed by atoms with Crippen LogP contribution in [-0.4, -0.2) is 11.9 Å². The largest absolute Gasteiger partial charge is 0.312 e. The highest BCUT2D eigenvalue weighted by atomic mass is 79.9. The molecule has 0 saturated carbocycles. The molecule has 0 unspecified atom stereocenters. The number of nitrogens with one attached hydrogen (secondary N) is 1. The van der Waals surface area contributed by atoms with Crippen molar-refractivity contribution in [1.29, 1.82) is 0 Å². The van der Waals surface area contributed by atoms with Crippen molar-refractivity contribution in [2.45, 2.75) is 6.54 Å². The lowest BCUT2D eigenvalue weighted by Gasteiger charge is -2.02. The molecule has 0 amide bonds. The molecule has 4 heteroatoms. The van der Waals surface area contributed by atoms with Crippen LogP contribution in [-0.2, 0) is 6.54 Å². The van der Waals surface area contributed by atoms with Gasteiger partial charge in [-0.2, -0.15) is 0 Å². The van der Waals surface area contributed by atoms with Gasteiger partial charge in [0.15, 0.2) is 11.6 Å². The molecule has 1 nitrogen and oxygen atoms in total. The number of hydrogen-bond acceptors (Lipinski definition) is 1. The summed E-state index contributed by atoms with van der Waals surface area (Å²) in [5.74, 6) is -1.60. The van der Waals surface area contributed by atoms with Crippen molar-refractivity contribution in [3.05, 3.63) is 35.4 Å². The minimum Gasteiger partial charge on any atom is -0.312 e. The van der Waals surface area contributed by atoms with E-state index in [2.05, 4.69) is 21.2 Å². The van der Waals surface area contributed by atoms with Gasteiger partial charge in [0.1, 0.15) is 0 Å². The molecule has 0 saturated heterocycles. The maximum Gasteiger partial charge on any atom is 0.159 e. The zero-order chi connectivity index (χ0) is 9.68. The third-order valence-corrected chi connectivity index (χ3v) is 1.98. The summed E-state index contributed by atoms with van der Waals surface area (Å²) in [5, 5.41) is 3.91. The van der Waals surface area contributed by atoms with Gasteiger partial charge >= 0.3 is 0 Å². The lowest BCUT2D eigenvalue weighted by molar-refractivity contribution is 0.506. The molecule has 0 fully saturated rings. The molecule has 1 N–H and O–H groups in total. The van der Waals surface area contributed by atoms with E-state index in [9.17, 15) is 8.78 Å². The predicted octanol–water partition coefficient (Wildman–Crippen LogP) is 2.45. The molecular weight excluding hydrogens is 240 g/mol. The highest BCUT2D eigenvalue weighted by Gasteiger charge is 2.01. The summed E-state index contributed by atoms with van der Waals surface area (Å²) >= 11 is 3.25. The fraction of sp³-hybridized carbons (Fsp3) is 0.333. The lowest BCUT2D eigenvalue weighted by atomic mass is 10.2. The maximum absolute atomic E-state index is 12.7. The molecule has 0 aliphatic heterocycles. The van der Waals surface area contributed by atoms with Gasteiger partial charge in [-0.05, 0) is 17.7 Å². The Morgan fingerprint density at radius 1 is 1.23 bits per heavy atom. The van der Waals surface area contributed by atoms with Crippen LogP contribution in [0.3, 0.4) is 0 Å². The van der Waals surface area contributed by atoms with Crippen molar-refractivity contribution in [2.75, 3.05) is 11.9 Å². The van der Waals surface area contributed by atoms with Crippen LogP contribution in [0.15, 0.2) is 18.2 Å². The van der Waals surface area contributed by atoms with Crippen molar-refractivity contribution < 1.29 is 8.78 Å². The van der Waals surface area contributed by atoms with E-state index >= 15 is 0 Å². The van der Waals surface area contributed by atoms with Crippen LogP contribution in [0.1, 0.15) is 5.56 Å². The first-order valence-electron chi connectivity index (χ1n) is 3.94. The van der Waals surface area contributed by atoms with Gasteiger partial charge in [0.25, 0.3) is 0 Å². The zero-order valence-electron chi connectivity index (χ0n) is 6.99. The van der Waals surface area contributed by atoms with Crippen LogP contribution < -0.4 is 5.32 Å². The van der Waals surface area contributed by atoms with E-state index in [0.717, 1.165) is 23.5 Å². The van der Waals surface area contributed by atoms with E-state index in [0.29, 0.717) is 6.54 Å². The topological polar surface area (TPSA) is 12.0 Å². The van der Waals surface area contributed by atoms with Crippen molar-refractivity contribution in [3.63, 3.8) is 0 Å². The first-order chi connectivity index (χ1) is 6.24. The summed E-state index contributed by atoms with van der Waals surface area (Å²) in [6.45, 7) is 1.36. The molecule has 0 aliphatic carbocycles. The molecule has 0 aliphatic rings. The quantitative estimate of drug-likeness (QED) is 0.639. The van der Waals surface area contributed by atoms with Gasteiger partial charge in [-0.1, -0.05) is 22.0 Å². The molecule has 0 atom stereocenters. The van der Waals surface area contributed by atoms with E-state index in [1.807, 2.05) is 0 Å². The van der Waals surface area contributed by atoms with E-state index in [1.54, 1.807) is 6.07 Å². The molecule has 1 rings (SSSR count). The monoisotopic (exact) mass is 249 g/mol. The minimum atomic E-state index is -0.802. The van der Waals surface area contributed by atoms with Crippen LogP contribution in [0.2, 0.25) is 0 Å². The Hall–Kier alpha value is -0.480. The Bertz CT molecular complexity index is 278.